The lowest BCUT2D eigenvalue weighted by Gasteiger charge is -2.20. The molecule has 2 unspecified atom stereocenters. The first-order valence-corrected chi connectivity index (χ1v) is 13.5. The summed E-state index contributed by atoms with van der Waals surface area (Å²) in [6.07, 6.45) is -3.54. The minimum atomic E-state index is -4.89. The molecule has 0 radical (unpaired) electrons. The highest BCUT2D eigenvalue weighted by atomic mass is 19.4. The van der Waals surface area contributed by atoms with Crippen molar-refractivity contribution < 1.29 is 40.7 Å². The van der Waals surface area contributed by atoms with Crippen molar-refractivity contribution in [3.8, 4) is 11.1 Å². The van der Waals surface area contributed by atoms with Gasteiger partial charge in [-0.3, -0.25) is 24.0 Å². The van der Waals surface area contributed by atoms with Gasteiger partial charge in [-0.15, -0.1) is 0 Å². The third-order valence-corrected chi connectivity index (χ3v) is 7.96. The number of hydrogen-bond acceptors (Lipinski definition) is 5. The maximum Gasteiger partial charge on any atom is 0.435 e. The van der Waals surface area contributed by atoms with Crippen LogP contribution >= 0.6 is 0 Å². The molecular weight excluding hydrogens is 590 g/mol. The molecule has 6 rings (SSSR count). The molecule has 2 aliphatic rings. The molecule has 3 atom stereocenters. The Kier molecular flexibility index (Phi) is 7.13. The van der Waals surface area contributed by atoms with Crippen LogP contribution in [0.25, 0.3) is 11.1 Å². The zero-order chi connectivity index (χ0) is 31.5. The SMILES string of the molecule is NC(=O)c1cc(-c2cccnc2[C@@H](CC(=O)Cn2nc(C(F)(F)F)c3c2C2CC2C3=O)Cc2cc(F)cc(F)c2)ccc1F. The van der Waals surface area contributed by atoms with Gasteiger partial charge in [-0.1, -0.05) is 12.1 Å². The van der Waals surface area contributed by atoms with Crippen molar-refractivity contribution >= 4 is 17.5 Å². The lowest BCUT2D eigenvalue weighted by Crippen LogP contribution is -2.19. The molecule has 1 saturated carbocycles. The number of hydrogen-bond donors (Lipinski definition) is 1. The Morgan fingerprint density at radius 2 is 1.75 bits per heavy atom. The van der Waals surface area contributed by atoms with E-state index in [1.807, 2.05) is 0 Å². The van der Waals surface area contributed by atoms with Crippen LogP contribution in [0.4, 0.5) is 26.3 Å². The van der Waals surface area contributed by atoms with Gasteiger partial charge in [0.1, 0.15) is 17.5 Å². The van der Waals surface area contributed by atoms with E-state index in [1.165, 1.54) is 18.3 Å². The summed E-state index contributed by atoms with van der Waals surface area (Å²) in [5.41, 5.74) is 4.32. The number of nitrogens with zero attached hydrogens (tertiary/aromatic N) is 3. The highest BCUT2D eigenvalue weighted by molar-refractivity contribution is 6.06. The Hall–Kier alpha value is -4.81. The first-order chi connectivity index (χ1) is 20.8. The normalized spacial score (nSPS) is 17.7. The van der Waals surface area contributed by atoms with Crippen molar-refractivity contribution in [3.63, 3.8) is 0 Å². The topological polar surface area (TPSA) is 108 Å². The van der Waals surface area contributed by atoms with Crippen LogP contribution in [0.3, 0.4) is 0 Å². The van der Waals surface area contributed by atoms with Gasteiger partial charge in [-0.2, -0.15) is 18.3 Å². The van der Waals surface area contributed by atoms with Gasteiger partial charge in [0.2, 0.25) is 0 Å². The summed E-state index contributed by atoms with van der Waals surface area (Å²) in [4.78, 5) is 42.2. The summed E-state index contributed by atoms with van der Waals surface area (Å²) in [7, 11) is 0. The lowest BCUT2D eigenvalue weighted by molar-refractivity contribution is -0.142. The van der Waals surface area contributed by atoms with E-state index in [1.54, 1.807) is 12.1 Å². The Labute approximate surface area is 245 Å². The molecule has 2 aromatic heterocycles. The molecular formula is C31H22F6N4O3. The molecule has 44 heavy (non-hydrogen) atoms. The number of carbonyl (C=O) groups is 3. The molecule has 2 aliphatic carbocycles. The second-order valence-electron chi connectivity index (χ2n) is 11.0. The second-order valence-corrected chi connectivity index (χ2v) is 11.0. The smallest absolute Gasteiger partial charge is 0.366 e. The minimum absolute atomic E-state index is 0.0910. The fourth-order valence-corrected chi connectivity index (χ4v) is 6.04. The third-order valence-electron chi connectivity index (χ3n) is 7.96. The van der Waals surface area contributed by atoms with Gasteiger partial charge in [0.05, 0.1) is 29.1 Å². The molecule has 0 spiro atoms. The number of Topliss-reactive ketones (excluding diaryl/α,β-unsaturated/α-hetero) is 2. The Balaban J connectivity index is 1.37. The van der Waals surface area contributed by atoms with Crippen LogP contribution in [0.15, 0.2) is 54.7 Å². The average Bonchev–Trinajstić information content (AvgIpc) is 3.56. The monoisotopic (exact) mass is 612 g/mol. The van der Waals surface area contributed by atoms with E-state index in [2.05, 4.69) is 10.1 Å². The first-order valence-electron chi connectivity index (χ1n) is 13.5. The quantitative estimate of drug-likeness (QED) is 0.242. The van der Waals surface area contributed by atoms with Crippen molar-refractivity contribution in [2.75, 3.05) is 0 Å². The summed E-state index contributed by atoms with van der Waals surface area (Å²) in [6.45, 7) is -0.576. The van der Waals surface area contributed by atoms with Crippen LogP contribution in [0.1, 0.15) is 68.0 Å². The van der Waals surface area contributed by atoms with Crippen LogP contribution < -0.4 is 5.73 Å². The number of fused-ring (bicyclic) bond motifs is 3. The van der Waals surface area contributed by atoms with E-state index in [-0.39, 0.29) is 29.8 Å². The van der Waals surface area contributed by atoms with E-state index in [0.29, 0.717) is 23.6 Å². The van der Waals surface area contributed by atoms with Crippen LogP contribution in [-0.4, -0.2) is 32.2 Å². The zero-order valence-electron chi connectivity index (χ0n) is 22.7. The number of halogens is 6. The van der Waals surface area contributed by atoms with Crippen molar-refractivity contribution in [3.05, 3.63) is 106 Å². The number of amides is 1. The van der Waals surface area contributed by atoms with Crippen LogP contribution in [-0.2, 0) is 23.9 Å². The van der Waals surface area contributed by atoms with Crippen LogP contribution in [0.5, 0.6) is 0 Å². The van der Waals surface area contributed by atoms with Crippen molar-refractivity contribution in [2.24, 2.45) is 11.7 Å². The molecule has 7 nitrogen and oxygen atoms in total. The summed E-state index contributed by atoms with van der Waals surface area (Å²) < 4.78 is 84.5. The highest BCUT2D eigenvalue weighted by Crippen LogP contribution is 2.58. The molecule has 1 fully saturated rings. The fourth-order valence-electron chi connectivity index (χ4n) is 6.04. The van der Waals surface area contributed by atoms with E-state index < -0.39 is 82.2 Å². The number of primary amides is 1. The average molecular weight is 613 g/mol. The molecule has 2 heterocycles. The molecule has 4 aromatic rings. The van der Waals surface area contributed by atoms with Gasteiger partial charge in [0, 0.05) is 42.0 Å². The summed E-state index contributed by atoms with van der Waals surface area (Å²) in [5.74, 6) is -6.63. The predicted molar refractivity (Wildman–Crippen MR) is 143 cm³/mol. The number of nitrogens with two attached hydrogens (primary N) is 1. The van der Waals surface area contributed by atoms with E-state index >= 15 is 0 Å². The summed E-state index contributed by atoms with van der Waals surface area (Å²) >= 11 is 0. The number of carbonyl (C=O) groups excluding carboxylic acids is 3. The predicted octanol–water partition coefficient (Wildman–Crippen LogP) is 5.77. The molecule has 0 aliphatic heterocycles. The Bertz CT molecular complexity index is 1830. The number of alkyl halides is 3. The van der Waals surface area contributed by atoms with Gasteiger partial charge >= 0.3 is 6.18 Å². The van der Waals surface area contributed by atoms with Gasteiger partial charge in [0.25, 0.3) is 5.91 Å². The van der Waals surface area contributed by atoms with Gasteiger partial charge in [-0.05, 0) is 54.3 Å². The third kappa shape index (κ3) is 5.38. The number of aromatic nitrogens is 3. The molecule has 0 bridgehead atoms. The maximum absolute atomic E-state index is 14.2. The van der Waals surface area contributed by atoms with E-state index in [0.717, 1.165) is 22.9 Å². The summed E-state index contributed by atoms with van der Waals surface area (Å²) in [5, 5.41) is 3.61. The van der Waals surface area contributed by atoms with E-state index in [9.17, 15) is 40.7 Å². The van der Waals surface area contributed by atoms with Gasteiger partial charge in [0.15, 0.2) is 17.3 Å². The first kappa shape index (κ1) is 29.3. The molecule has 0 saturated heterocycles. The molecule has 226 valence electrons. The van der Waals surface area contributed by atoms with Crippen LogP contribution in [0.2, 0.25) is 0 Å². The van der Waals surface area contributed by atoms with Crippen molar-refractivity contribution in [1.29, 1.82) is 0 Å². The standard InChI is InChI=1S/C31H22F6N4O3/c32-17-7-14(8-18(33)11-17)6-16(26-20(2-1-5-39-26)15-3-4-24(34)23(10-15)30(38)44)9-19(42)13-41-27-21-12-22(21)28(43)25(27)29(40-41)31(35,36)37/h1-5,7-8,10-11,16,21-22H,6,9,12-13H2,(H2,38,44)/t16-,21?,22?/m1/s1. The van der Waals surface area contributed by atoms with Gasteiger partial charge in [-0.25, -0.2) is 13.2 Å². The van der Waals surface area contributed by atoms with E-state index in [4.69, 9.17) is 5.73 Å². The largest absolute Gasteiger partial charge is 0.435 e. The zero-order valence-corrected chi connectivity index (χ0v) is 22.7. The van der Waals surface area contributed by atoms with Crippen LogP contribution in [0, 0.1) is 23.4 Å². The van der Waals surface area contributed by atoms with Gasteiger partial charge < -0.3 is 5.73 Å². The Morgan fingerprint density at radius 1 is 1.02 bits per heavy atom. The maximum atomic E-state index is 14.2. The number of benzene rings is 2. The molecule has 2 N–H and O–H groups in total. The highest BCUT2D eigenvalue weighted by Gasteiger charge is 2.58. The fraction of sp³-hybridized carbons (Fsp3) is 0.258. The molecule has 13 heteroatoms. The number of pyridine rings is 1. The molecule has 2 aromatic carbocycles. The number of ketones is 2. The second kappa shape index (κ2) is 10.7. The summed E-state index contributed by atoms with van der Waals surface area (Å²) in [6, 6.07) is 9.63. The minimum Gasteiger partial charge on any atom is -0.366 e. The molecule has 1 amide bonds. The van der Waals surface area contributed by atoms with Crippen molar-refractivity contribution in [1.82, 2.24) is 14.8 Å². The van der Waals surface area contributed by atoms with Crippen molar-refractivity contribution in [2.45, 2.75) is 43.8 Å². The lowest BCUT2D eigenvalue weighted by atomic mass is 9.86. The Morgan fingerprint density at radius 3 is 2.43 bits per heavy atom. The number of rotatable bonds is 9.